The topological polar surface area (TPSA) is 51.2 Å². The number of carbonyl (C=O) groups excluding carboxylic acids is 1. The molecule has 0 aliphatic heterocycles. The number of ether oxygens (including phenoxy) is 1. The Labute approximate surface area is 159 Å². The number of thiazole rings is 1. The molecule has 7 heteroatoms. The minimum absolute atomic E-state index is 0.260. The molecule has 26 heavy (non-hydrogen) atoms. The number of rotatable bonds is 5. The normalized spacial score (nSPS) is 10.6. The van der Waals surface area contributed by atoms with Crippen LogP contribution in [-0.4, -0.2) is 10.9 Å². The summed E-state index contributed by atoms with van der Waals surface area (Å²) in [5.74, 6) is 0.0612. The average Bonchev–Trinajstić information content (AvgIpc) is 2.99. The van der Waals surface area contributed by atoms with E-state index in [1.54, 1.807) is 19.1 Å². The maximum atomic E-state index is 12.9. The van der Waals surface area contributed by atoms with Crippen molar-refractivity contribution in [3.8, 4) is 5.75 Å². The van der Waals surface area contributed by atoms with Crippen LogP contribution >= 0.6 is 22.9 Å². The van der Waals surface area contributed by atoms with Gasteiger partial charge < -0.3 is 10.1 Å². The van der Waals surface area contributed by atoms with Crippen molar-refractivity contribution in [2.45, 2.75) is 20.5 Å². The van der Waals surface area contributed by atoms with E-state index in [1.165, 1.54) is 35.6 Å². The van der Waals surface area contributed by atoms with Gasteiger partial charge >= 0.3 is 0 Å². The van der Waals surface area contributed by atoms with Crippen LogP contribution in [0.25, 0.3) is 0 Å². The highest BCUT2D eigenvalue weighted by Crippen LogP contribution is 2.24. The van der Waals surface area contributed by atoms with E-state index < -0.39 is 0 Å². The van der Waals surface area contributed by atoms with E-state index in [0.29, 0.717) is 32.0 Å². The molecular formula is C19H16ClFN2O2S. The zero-order valence-corrected chi connectivity index (χ0v) is 15.7. The summed E-state index contributed by atoms with van der Waals surface area (Å²) in [5.41, 5.74) is 2.08. The molecule has 0 aliphatic carbocycles. The van der Waals surface area contributed by atoms with Crippen molar-refractivity contribution in [2.24, 2.45) is 0 Å². The zero-order chi connectivity index (χ0) is 18.7. The third-order valence-electron chi connectivity index (χ3n) is 3.64. The predicted octanol–water partition coefficient (Wildman–Crippen LogP) is 5.38. The molecule has 0 saturated heterocycles. The number of carbonyl (C=O) groups is 1. The molecule has 0 fully saturated rings. The predicted molar refractivity (Wildman–Crippen MR) is 102 cm³/mol. The van der Waals surface area contributed by atoms with Crippen LogP contribution in [0.5, 0.6) is 5.75 Å². The molecular weight excluding hydrogens is 375 g/mol. The Hall–Kier alpha value is -2.44. The molecule has 3 aromatic rings. The number of hydrogen-bond acceptors (Lipinski definition) is 4. The van der Waals surface area contributed by atoms with E-state index in [-0.39, 0.29) is 18.3 Å². The average molecular weight is 391 g/mol. The highest BCUT2D eigenvalue weighted by atomic mass is 35.5. The molecule has 134 valence electrons. The van der Waals surface area contributed by atoms with Crippen LogP contribution in [0.15, 0.2) is 42.5 Å². The van der Waals surface area contributed by atoms with Crippen LogP contribution in [0.2, 0.25) is 5.02 Å². The van der Waals surface area contributed by atoms with Gasteiger partial charge in [-0.1, -0.05) is 11.6 Å². The van der Waals surface area contributed by atoms with E-state index in [9.17, 15) is 9.18 Å². The summed E-state index contributed by atoms with van der Waals surface area (Å²) >= 11 is 7.27. The molecule has 0 saturated carbocycles. The molecule has 3 rings (SSSR count). The number of nitrogens with zero attached hydrogens (tertiary/aromatic N) is 1. The maximum absolute atomic E-state index is 12.9. The lowest BCUT2D eigenvalue weighted by Crippen LogP contribution is -2.11. The first-order valence-electron chi connectivity index (χ1n) is 7.84. The highest BCUT2D eigenvalue weighted by molar-refractivity contribution is 7.13. The third kappa shape index (κ3) is 4.39. The number of aromatic nitrogens is 1. The molecule has 0 spiro atoms. The number of nitrogens with one attached hydrogen (secondary N) is 1. The molecule has 1 amide bonds. The van der Waals surface area contributed by atoms with Crippen LogP contribution in [0, 0.1) is 19.7 Å². The monoisotopic (exact) mass is 390 g/mol. The Morgan fingerprint density at radius 1 is 1.23 bits per heavy atom. The van der Waals surface area contributed by atoms with Gasteiger partial charge in [-0.2, -0.15) is 0 Å². The lowest BCUT2D eigenvalue weighted by molar-refractivity contribution is 0.103. The Bertz CT molecular complexity index is 941. The summed E-state index contributed by atoms with van der Waals surface area (Å²) in [7, 11) is 0. The van der Waals surface area contributed by atoms with Crippen molar-refractivity contribution in [2.75, 3.05) is 5.32 Å². The number of anilines is 1. The summed E-state index contributed by atoms with van der Waals surface area (Å²) in [6.07, 6.45) is 0. The molecule has 1 N–H and O–H groups in total. The molecule has 4 nitrogen and oxygen atoms in total. The van der Waals surface area contributed by atoms with E-state index in [4.69, 9.17) is 16.3 Å². The van der Waals surface area contributed by atoms with Gasteiger partial charge in [-0.15, -0.1) is 11.3 Å². The van der Waals surface area contributed by atoms with Gasteiger partial charge in [-0.3, -0.25) is 4.79 Å². The van der Waals surface area contributed by atoms with Gasteiger partial charge in [-0.25, -0.2) is 9.37 Å². The fraction of sp³-hybridized carbons (Fsp3) is 0.158. The third-order valence-corrected chi connectivity index (χ3v) is 5.19. The molecule has 1 aromatic heterocycles. The van der Waals surface area contributed by atoms with Crippen LogP contribution in [0.3, 0.4) is 0 Å². The molecule has 1 heterocycles. The standard InChI is InChI=1S/C19H16ClFN2O2S/c1-11-9-15(7-8-16(11)20)25-10-17-22-12(2)18(26-17)19(24)23-14-5-3-13(21)4-6-14/h3-9H,10H2,1-2H3,(H,23,24). The number of amides is 1. The van der Waals surface area contributed by atoms with E-state index in [0.717, 1.165) is 5.56 Å². The largest absolute Gasteiger partial charge is 0.486 e. The van der Waals surface area contributed by atoms with Gasteiger partial charge in [0.1, 0.15) is 28.1 Å². The first kappa shape index (κ1) is 18.4. The first-order valence-corrected chi connectivity index (χ1v) is 9.04. The number of aryl methyl sites for hydroxylation is 2. The summed E-state index contributed by atoms with van der Waals surface area (Å²) < 4.78 is 18.7. The van der Waals surface area contributed by atoms with Crippen molar-refractivity contribution in [1.29, 1.82) is 0 Å². The summed E-state index contributed by atoms with van der Waals surface area (Å²) in [5, 5.41) is 4.11. The minimum Gasteiger partial charge on any atom is -0.486 e. The lowest BCUT2D eigenvalue weighted by atomic mass is 10.2. The van der Waals surface area contributed by atoms with Crippen molar-refractivity contribution in [3.63, 3.8) is 0 Å². The van der Waals surface area contributed by atoms with Crippen molar-refractivity contribution in [3.05, 3.63) is 74.4 Å². The van der Waals surface area contributed by atoms with Crippen molar-refractivity contribution in [1.82, 2.24) is 4.98 Å². The Kier molecular flexibility index (Phi) is 5.54. The van der Waals surface area contributed by atoms with Crippen molar-refractivity contribution < 1.29 is 13.9 Å². The SMILES string of the molecule is Cc1cc(OCc2nc(C)c(C(=O)Nc3ccc(F)cc3)s2)ccc1Cl. The molecule has 2 aromatic carbocycles. The van der Waals surface area contributed by atoms with Gasteiger partial charge in [0.05, 0.1) is 5.69 Å². The molecule has 0 unspecified atom stereocenters. The highest BCUT2D eigenvalue weighted by Gasteiger charge is 2.16. The smallest absolute Gasteiger partial charge is 0.267 e. The fourth-order valence-electron chi connectivity index (χ4n) is 2.30. The Morgan fingerprint density at radius 3 is 2.65 bits per heavy atom. The fourth-order valence-corrected chi connectivity index (χ4v) is 3.29. The molecule has 0 radical (unpaired) electrons. The summed E-state index contributed by atoms with van der Waals surface area (Å²) in [4.78, 5) is 17.3. The second-order valence-corrected chi connectivity index (χ2v) is 7.17. The second-order valence-electron chi connectivity index (χ2n) is 5.68. The second kappa shape index (κ2) is 7.85. The summed E-state index contributed by atoms with van der Waals surface area (Å²) in [6.45, 7) is 3.93. The maximum Gasteiger partial charge on any atom is 0.267 e. The molecule has 0 aliphatic rings. The molecule has 0 bridgehead atoms. The number of benzene rings is 2. The van der Waals surface area contributed by atoms with Crippen LogP contribution < -0.4 is 10.1 Å². The van der Waals surface area contributed by atoms with Gasteiger partial charge in [0.25, 0.3) is 5.91 Å². The van der Waals surface area contributed by atoms with E-state index in [1.807, 2.05) is 13.0 Å². The van der Waals surface area contributed by atoms with Crippen LogP contribution in [0.1, 0.15) is 25.9 Å². The van der Waals surface area contributed by atoms with Crippen LogP contribution in [-0.2, 0) is 6.61 Å². The quantitative estimate of drug-likeness (QED) is 0.636. The number of hydrogen-bond donors (Lipinski definition) is 1. The van der Waals surface area contributed by atoms with Gasteiger partial charge in [0, 0.05) is 10.7 Å². The lowest BCUT2D eigenvalue weighted by Gasteiger charge is -2.05. The Morgan fingerprint density at radius 2 is 1.96 bits per heavy atom. The van der Waals surface area contributed by atoms with Gasteiger partial charge in [0.15, 0.2) is 0 Å². The minimum atomic E-state index is -0.353. The van der Waals surface area contributed by atoms with E-state index >= 15 is 0 Å². The van der Waals surface area contributed by atoms with Crippen LogP contribution in [0.4, 0.5) is 10.1 Å². The van der Waals surface area contributed by atoms with Gasteiger partial charge in [0.2, 0.25) is 0 Å². The Balaban J connectivity index is 1.67. The molecule has 0 atom stereocenters. The first-order chi connectivity index (χ1) is 12.4. The van der Waals surface area contributed by atoms with Gasteiger partial charge in [-0.05, 0) is 61.9 Å². The zero-order valence-electron chi connectivity index (χ0n) is 14.2. The summed E-state index contributed by atoms with van der Waals surface area (Å²) in [6, 6.07) is 11.0. The van der Waals surface area contributed by atoms with Crippen molar-refractivity contribution >= 4 is 34.5 Å². The number of halogens is 2. The van der Waals surface area contributed by atoms with E-state index in [2.05, 4.69) is 10.3 Å².